The molecule has 0 bridgehead atoms. The van der Waals surface area contributed by atoms with Gasteiger partial charge in [-0.15, -0.1) is 0 Å². The second kappa shape index (κ2) is 9.38. The number of benzene rings is 2. The van der Waals surface area contributed by atoms with Gasteiger partial charge in [-0.3, -0.25) is 19.3 Å². The van der Waals surface area contributed by atoms with Gasteiger partial charge in [-0.1, -0.05) is 26.0 Å². The molecule has 0 aromatic heterocycles. The molecule has 0 unspecified atom stereocenters. The number of nitrogens with one attached hydrogen (secondary N) is 2. The average Bonchev–Trinajstić information content (AvgIpc) is 2.75. The molecule has 0 saturated heterocycles. The van der Waals surface area contributed by atoms with Crippen LogP contribution in [0.1, 0.15) is 24.2 Å². The molecule has 0 saturated carbocycles. The van der Waals surface area contributed by atoms with E-state index in [0.29, 0.717) is 11.4 Å². The minimum atomic E-state index is -1.01. The number of anilines is 2. The summed E-state index contributed by atoms with van der Waals surface area (Å²) in [4.78, 5) is 50.7. The first kappa shape index (κ1) is 21.9. The number of hydrogen-bond donors (Lipinski definition) is 2. The number of fused-ring (bicyclic) bond motifs is 1. The summed E-state index contributed by atoms with van der Waals surface area (Å²) in [6.07, 6.45) is 0. The van der Waals surface area contributed by atoms with Gasteiger partial charge in [0.15, 0.2) is 6.61 Å². The zero-order valence-corrected chi connectivity index (χ0v) is 17.1. The normalized spacial score (nSPS) is 13.8. The third-order valence-electron chi connectivity index (χ3n) is 4.72. The van der Waals surface area contributed by atoms with E-state index in [-0.39, 0.29) is 23.9 Å². The molecule has 2 aromatic rings. The highest BCUT2D eigenvalue weighted by molar-refractivity contribution is 6.10. The first-order valence-electron chi connectivity index (χ1n) is 9.68. The summed E-state index contributed by atoms with van der Waals surface area (Å²) >= 11 is 0. The molecule has 1 aliphatic rings. The van der Waals surface area contributed by atoms with Gasteiger partial charge in [0.1, 0.15) is 18.4 Å². The highest BCUT2D eigenvalue weighted by Crippen LogP contribution is 2.28. The maximum absolute atomic E-state index is 13.0. The minimum Gasteiger partial charge on any atom is -0.454 e. The van der Waals surface area contributed by atoms with E-state index in [2.05, 4.69) is 10.6 Å². The summed E-state index contributed by atoms with van der Waals surface area (Å²) in [5.74, 6) is -3.08. The molecule has 9 heteroatoms. The Morgan fingerprint density at radius 1 is 1.13 bits per heavy atom. The van der Waals surface area contributed by atoms with Crippen molar-refractivity contribution in [2.45, 2.75) is 19.9 Å². The lowest BCUT2D eigenvalue weighted by Gasteiger charge is -2.29. The number of nitrogens with zero attached hydrogens (tertiary/aromatic N) is 1. The molecule has 1 aliphatic heterocycles. The summed E-state index contributed by atoms with van der Waals surface area (Å²) in [5, 5.41) is 5.22. The topological polar surface area (TPSA) is 105 Å². The van der Waals surface area contributed by atoms with E-state index in [1.807, 2.05) is 0 Å². The number of para-hydroxylation sites is 2. The average molecular weight is 427 g/mol. The van der Waals surface area contributed by atoms with Gasteiger partial charge in [0.25, 0.3) is 11.8 Å². The summed E-state index contributed by atoms with van der Waals surface area (Å²) in [6.45, 7) is 2.65. The lowest BCUT2D eigenvalue weighted by molar-refractivity contribution is -0.150. The number of halogens is 1. The second-order valence-electron chi connectivity index (χ2n) is 7.35. The van der Waals surface area contributed by atoms with Gasteiger partial charge in [0.2, 0.25) is 5.91 Å². The van der Waals surface area contributed by atoms with E-state index in [1.165, 1.54) is 17.0 Å². The third-order valence-corrected chi connectivity index (χ3v) is 4.72. The minimum absolute atomic E-state index is 0.187. The van der Waals surface area contributed by atoms with Crippen LogP contribution >= 0.6 is 0 Å². The highest BCUT2D eigenvalue weighted by Gasteiger charge is 2.30. The monoisotopic (exact) mass is 427 g/mol. The smallest absolute Gasteiger partial charge is 0.329 e. The van der Waals surface area contributed by atoms with E-state index in [0.717, 1.165) is 12.1 Å². The summed E-state index contributed by atoms with van der Waals surface area (Å²) < 4.78 is 18.2. The van der Waals surface area contributed by atoms with Crippen molar-refractivity contribution < 1.29 is 28.3 Å². The molecule has 0 radical (unpaired) electrons. The lowest BCUT2D eigenvalue weighted by Crippen LogP contribution is -2.47. The molecule has 3 amide bonds. The van der Waals surface area contributed by atoms with Crippen LogP contribution in [0.4, 0.5) is 15.8 Å². The van der Waals surface area contributed by atoms with Crippen molar-refractivity contribution >= 4 is 35.1 Å². The van der Waals surface area contributed by atoms with E-state index >= 15 is 0 Å². The van der Waals surface area contributed by atoms with Crippen molar-refractivity contribution in [1.29, 1.82) is 0 Å². The number of carbonyl (C=O) groups excluding carboxylic acids is 4. The van der Waals surface area contributed by atoms with Crippen LogP contribution in [0.15, 0.2) is 48.5 Å². The molecule has 31 heavy (non-hydrogen) atoms. The Morgan fingerprint density at radius 2 is 1.81 bits per heavy atom. The first-order valence-corrected chi connectivity index (χ1v) is 9.68. The SMILES string of the molecule is CC(C)[C@H](NC(=O)c1ccc(F)cc1)C(=O)OCC(=O)N1CC(=O)Nc2ccccc21. The Hall–Kier alpha value is -3.75. The Bertz CT molecular complexity index is 1010. The van der Waals surface area contributed by atoms with Crippen LogP contribution in [0.3, 0.4) is 0 Å². The zero-order chi connectivity index (χ0) is 22.5. The van der Waals surface area contributed by atoms with E-state index in [4.69, 9.17) is 4.74 Å². The predicted molar refractivity (Wildman–Crippen MR) is 111 cm³/mol. The number of rotatable bonds is 6. The van der Waals surface area contributed by atoms with Gasteiger partial charge in [0, 0.05) is 5.56 Å². The molecule has 1 heterocycles. The van der Waals surface area contributed by atoms with Crippen LogP contribution in [0, 0.1) is 11.7 Å². The van der Waals surface area contributed by atoms with Gasteiger partial charge in [0.05, 0.1) is 11.4 Å². The predicted octanol–water partition coefficient (Wildman–Crippen LogP) is 2.11. The standard InChI is InChI=1S/C22H22FN3O5/c1-13(2)20(25-21(29)14-7-9-15(23)10-8-14)22(30)31-12-19(28)26-11-18(27)24-16-5-3-4-6-17(16)26/h3-10,13,20H,11-12H2,1-2H3,(H,24,27)(H,25,29)/t20-/m0/s1. The number of carbonyl (C=O) groups is 4. The number of hydrogen-bond acceptors (Lipinski definition) is 5. The molecular weight excluding hydrogens is 405 g/mol. The molecule has 8 nitrogen and oxygen atoms in total. The van der Waals surface area contributed by atoms with Crippen LogP contribution in [0.2, 0.25) is 0 Å². The van der Waals surface area contributed by atoms with Crippen molar-refractivity contribution in [3.8, 4) is 0 Å². The van der Waals surface area contributed by atoms with Crippen LogP contribution in [-0.2, 0) is 19.1 Å². The van der Waals surface area contributed by atoms with Crippen LogP contribution in [0.25, 0.3) is 0 Å². The summed E-state index contributed by atoms with van der Waals surface area (Å²) in [7, 11) is 0. The van der Waals surface area contributed by atoms with Crippen molar-refractivity contribution in [2.75, 3.05) is 23.4 Å². The van der Waals surface area contributed by atoms with Crippen LogP contribution < -0.4 is 15.5 Å². The molecule has 3 rings (SSSR count). The van der Waals surface area contributed by atoms with Crippen molar-refractivity contribution in [1.82, 2.24) is 5.32 Å². The quantitative estimate of drug-likeness (QED) is 0.687. The number of amides is 3. The fourth-order valence-electron chi connectivity index (χ4n) is 3.08. The van der Waals surface area contributed by atoms with Gasteiger partial charge < -0.3 is 15.4 Å². The Balaban J connectivity index is 1.64. The third kappa shape index (κ3) is 5.25. The Kier molecular flexibility index (Phi) is 6.64. The van der Waals surface area contributed by atoms with Gasteiger partial charge in [-0.2, -0.15) is 0 Å². The fourth-order valence-corrected chi connectivity index (χ4v) is 3.08. The number of esters is 1. The van der Waals surface area contributed by atoms with Crippen LogP contribution in [-0.4, -0.2) is 42.9 Å². The van der Waals surface area contributed by atoms with Gasteiger partial charge in [-0.05, 0) is 42.3 Å². The van der Waals surface area contributed by atoms with Crippen molar-refractivity contribution in [3.05, 3.63) is 59.9 Å². The lowest BCUT2D eigenvalue weighted by atomic mass is 10.0. The molecule has 2 N–H and O–H groups in total. The molecule has 1 atom stereocenters. The maximum Gasteiger partial charge on any atom is 0.329 e. The van der Waals surface area contributed by atoms with Crippen LogP contribution in [0.5, 0.6) is 0 Å². The largest absolute Gasteiger partial charge is 0.454 e. The molecule has 0 aliphatic carbocycles. The summed E-state index contributed by atoms with van der Waals surface area (Å²) in [5.41, 5.74) is 1.19. The second-order valence-corrected chi connectivity index (χ2v) is 7.35. The molecule has 0 fully saturated rings. The molecular formula is C22H22FN3O5. The number of ether oxygens (including phenoxy) is 1. The highest BCUT2D eigenvalue weighted by atomic mass is 19.1. The van der Waals surface area contributed by atoms with Crippen molar-refractivity contribution in [3.63, 3.8) is 0 Å². The van der Waals surface area contributed by atoms with E-state index in [1.54, 1.807) is 38.1 Å². The van der Waals surface area contributed by atoms with Gasteiger partial charge >= 0.3 is 5.97 Å². The van der Waals surface area contributed by atoms with E-state index < -0.39 is 36.2 Å². The maximum atomic E-state index is 13.0. The van der Waals surface area contributed by atoms with Crippen molar-refractivity contribution in [2.24, 2.45) is 5.92 Å². The molecule has 0 spiro atoms. The molecule has 2 aromatic carbocycles. The Labute approximate surface area is 178 Å². The zero-order valence-electron chi connectivity index (χ0n) is 17.1. The van der Waals surface area contributed by atoms with E-state index in [9.17, 15) is 23.6 Å². The first-order chi connectivity index (χ1) is 14.8. The fraction of sp³-hybridized carbons (Fsp3) is 0.273. The Morgan fingerprint density at radius 3 is 2.48 bits per heavy atom. The van der Waals surface area contributed by atoms with Gasteiger partial charge in [-0.25, -0.2) is 9.18 Å². The molecule has 162 valence electrons. The summed E-state index contributed by atoms with van der Waals surface area (Å²) in [6, 6.07) is 10.7.